The van der Waals surface area contributed by atoms with Crippen LogP contribution in [0.15, 0.2) is 24.3 Å². The largest absolute Gasteiger partial charge is 0.480 e. The van der Waals surface area contributed by atoms with Crippen molar-refractivity contribution >= 4 is 11.7 Å². The van der Waals surface area contributed by atoms with Crippen molar-refractivity contribution in [2.45, 2.75) is 25.3 Å². The second-order valence-electron chi connectivity index (χ2n) is 3.88. The first-order chi connectivity index (χ1) is 6.62. The van der Waals surface area contributed by atoms with E-state index in [0.717, 1.165) is 24.1 Å². The number of rotatable bonds is 3. The zero-order valence-electron chi connectivity index (χ0n) is 8.08. The average Bonchev–Trinajstić information content (AvgIpc) is 2.85. The highest BCUT2D eigenvalue weighted by Crippen LogP contribution is 2.39. The van der Waals surface area contributed by atoms with Crippen LogP contribution in [0.4, 0.5) is 5.69 Å². The van der Waals surface area contributed by atoms with Crippen LogP contribution in [0.1, 0.15) is 18.4 Å². The van der Waals surface area contributed by atoms with Crippen LogP contribution in [-0.2, 0) is 4.79 Å². The van der Waals surface area contributed by atoms with Gasteiger partial charge in [0.05, 0.1) is 0 Å². The summed E-state index contributed by atoms with van der Waals surface area (Å²) in [6, 6.07) is 7.78. The van der Waals surface area contributed by atoms with Crippen molar-refractivity contribution in [1.82, 2.24) is 0 Å². The van der Waals surface area contributed by atoms with Crippen LogP contribution in [0.2, 0.25) is 0 Å². The lowest BCUT2D eigenvalue weighted by atomic mass is 10.2. The second kappa shape index (κ2) is 3.01. The van der Waals surface area contributed by atoms with Gasteiger partial charge >= 0.3 is 5.97 Å². The lowest BCUT2D eigenvalue weighted by Gasteiger charge is -2.13. The first-order valence-electron chi connectivity index (χ1n) is 4.71. The Morgan fingerprint density at radius 1 is 1.50 bits per heavy atom. The molecule has 0 aliphatic heterocycles. The smallest absolute Gasteiger partial charge is 0.329 e. The van der Waals surface area contributed by atoms with Gasteiger partial charge in [-0.2, -0.15) is 0 Å². The van der Waals surface area contributed by atoms with Crippen molar-refractivity contribution in [3.63, 3.8) is 0 Å². The SMILES string of the molecule is Cc1cccc(NC2(C(=O)O)CC2)c1. The van der Waals surface area contributed by atoms with Gasteiger partial charge in [0.1, 0.15) is 5.54 Å². The molecule has 3 heteroatoms. The third kappa shape index (κ3) is 1.58. The van der Waals surface area contributed by atoms with Crippen LogP contribution in [0.3, 0.4) is 0 Å². The number of carboxylic acid groups (broad SMARTS) is 1. The van der Waals surface area contributed by atoms with E-state index in [1.54, 1.807) is 0 Å². The minimum absolute atomic E-state index is 0.687. The standard InChI is InChI=1S/C11H13NO2/c1-8-3-2-4-9(7-8)12-11(5-6-11)10(13)14/h2-4,7,12H,5-6H2,1H3,(H,13,14). The first kappa shape index (κ1) is 9.06. The maximum Gasteiger partial charge on any atom is 0.329 e. The highest BCUT2D eigenvalue weighted by atomic mass is 16.4. The Morgan fingerprint density at radius 3 is 2.71 bits per heavy atom. The van der Waals surface area contributed by atoms with E-state index in [-0.39, 0.29) is 0 Å². The van der Waals surface area contributed by atoms with E-state index in [0.29, 0.717) is 0 Å². The molecule has 0 saturated heterocycles. The Labute approximate surface area is 82.8 Å². The third-order valence-corrected chi connectivity index (χ3v) is 2.56. The van der Waals surface area contributed by atoms with Crippen molar-refractivity contribution < 1.29 is 9.90 Å². The summed E-state index contributed by atoms with van der Waals surface area (Å²) in [6.07, 6.45) is 1.44. The number of carbonyl (C=O) groups is 1. The van der Waals surface area contributed by atoms with Crippen LogP contribution in [0, 0.1) is 6.92 Å². The van der Waals surface area contributed by atoms with Gasteiger partial charge < -0.3 is 10.4 Å². The lowest BCUT2D eigenvalue weighted by molar-refractivity contribution is -0.138. The molecular weight excluding hydrogens is 178 g/mol. The fourth-order valence-electron chi connectivity index (χ4n) is 1.52. The van der Waals surface area contributed by atoms with Crippen LogP contribution in [-0.4, -0.2) is 16.6 Å². The van der Waals surface area contributed by atoms with Gasteiger partial charge in [-0.05, 0) is 37.5 Å². The summed E-state index contributed by atoms with van der Waals surface area (Å²) in [5.74, 6) is -0.751. The number of aliphatic carboxylic acids is 1. The number of hydrogen-bond acceptors (Lipinski definition) is 2. The number of hydrogen-bond donors (Lipinski definition) is 2. The highest BCUT2D eigenvalue weighted by molar-refractivity contribution is 5.86. The molecule has 1 aliphatic carbocycles. The molecule has 0 unspecified atom stereocenters. The second-order valence-corrected chi connectivity index (χ2v) is 3.88. The molecule has 3 nitrogen and oxygen atoms in total. The molecule has 14 heavy (non-hydrogen) atoms. The summed E-state index contributed by atoms with van der Waals surface area (Å²) in [5, 5.41) is 12.0. The van der Waals surface area contributed by atoms with Crippen molar-refractivity contribution in [3.8, 4) is 0 Å². The van der Waals surface area contributed by atoms with Gasteiger partial charge in [0.2, 0.25) is 0 Å². The van der Waals surface area contributed by atoms with Gasteiger partial charge in [-0.3, -0.25) is 0 Å². The van der Waals surface area contributed by atoms with Crippen molar-refractivity contribution in [2.75, 3.05) is 5.32 Å². The Morgan fingerprint density at radius 2 is 2.21 bits per heavy atom. The summed E-state index contributed by atoms with van der Waals surface area (Å²) < 4.78 is 0. The normalized spacial score (nSPS) is 17.5. The predicted octanol–water partition coefficient (Wildman–Crippen LogP) is 2.02. The molecule has 0 heterocycles. The fraction of sp³-hybridized carbons (Fsp3) is 0.364. The fourth-order valence-corrected chi connectivity index (χ4v) is 1.52. The van der Waals surface area contributed by atoms with E-state index in [1.807, 2.05) is 31.2 Å². The number of aryl methyl sites for hydroxylation is 1. The van der Waals surface area contributed by atoms with E-state index in [4.69, 9.17) is 5.11 Å². The van der Waals surface area contributed by atoms with E-state index < -0.39 is 11.5 Å². The molecule has 1 fully saturated rings. The summed E-state index contributed by atoms with van der Waals surface area (Å²) in [4.78, 5) is 10.9. The molecule has 1 aromatic rings. The minimum Gasteiger partial charge on any atom is -0.480 e. The molecule has 1 saturated carbocycles. The monoisotopic (exact) mass is 191 g/mol. The van der Waals surface area contributed by atoms with E-state index in [1.165, 1.54) is 0 Å². The maximum absolute atomic E-state index is 10.9. The Hall–Kier alpha value is -1.51. The van der Waals surface area contributed by atoms with Crippen molar-refractivity contribution in [1.29, 1.82) is 0 Å². The summed E-state index contributed by atoms with van der Waals surface area (Å²) in [6.45, 7) is 1.99. The van der Waals surface area contributed by atoms with Crippen molar-refractivity contribution in [3.05, 3.63) is 29.8 Å². The number of benzene rings is 1. The molecule has 2 N–H and O–H groups in total. The molecule has 0 amide bonds. The quantitative estimate of drug-likeness (QED) is 0.768. The first-order valence-corrected chi connectivity index (χ1v) is 4.71. The molecular formula is C11H13NO2. The van der Waals surface area contributed by atoms with Gasteiger partial charge in [-0.15, -0.1) is 0 Å². The number of anilines is 1. The maximum atomic E-state index is 10.9. The predicted molar refractivity (Wildman–Crippen MR) is 54.4 cm³/mol. The molecule has 0 radical (unpaired) electrons. The summed E-state index contributed by atoms with van der Waals surface area (Å²) in [5.41, 5.74) is 1.34. The lowest BCUT2D eigenvalue weighted by Crippen LogP contribution is -2.31. The van der Waals surface area contributed by atoms with Crippen LogP contribution >= 0.6 is 0 Å². The van der Waals surface area contributed by atoms with E-state index in [2.05, 4.69) is 5.32 Å². The van der Waals surface area contributed by atoms with E-state index in [9.17, 15) is 4.79 Å². The minimum atomic E-state index is -0.751. The molecule has 0 atom stereocenters. The summed E-state index contributed by atoms with van der Waals surface area (Å²) >= 11 is 0. The molecule has 1 aromatic carbocycles. The molecule has 74 valence electrons. The Kier molecular flexibility index (Phi) is 1.95. The number of nitrogens with one attached hydrogen (secondary N) is 1. The Bertz CT molecular complexity index is 369. The molecule has 0 aromatic heterocycles. The van der Waals surface area contributed by atoms with Crippen LogP contribution in [0.25, 0.3) is 0 Å². The van der Waals surface area contributed by atoms with Gasteiger partial charge in [0.25, 0.3) is 0 Å². The third-order valence-electron chi connectivity index (χ3n) is 2.56. The molecule has 1 aliphatic rings. The van der Waals surface area contributed by atoms with Gasteiger partial charge in [-0.25, -0.2) is 4.79 Å². The zero-order valence-corrected chi connectivity index (χ0v) is 8.08. The van der Waals surface area contributed by atoms with Gasteiger partial charge in [0, 0.05) is 5.69 Å². The van der Waals surface area contributed by atoms with Crippen LogP contribution < -0.4 is 5.32 Å². The number of carboxylic acids is 1. The Balaban J connectivity index is 2.15. The molecule has 0 spiro atoms. The van der Waals surface area contributed by atoms with Gasteiger partial charge in [-0.1, -0.05) is 12.1 Å². The van der Waals surface area contributed by atoms with Gasteiger partial charge in [0.15, 0.2) is 0 Å². The summed E-state index contributed by atoms with van der Waals surface area (Å²) in [7, 11) is 0. The highest BCUT2D eigenvalue weighted by Gasteiger charge is 2.50. The topological polar surface area (TPSA) is 49.3 Å². The zero-order chi connectivity index (χ0) is 10.2. The van der Waals surface area contributed by atoms with E-state index >= 15 is 0 Å². The van der Waals surface area contributed by atoms with Crippen LogP contribution in [0.5, 0.6) is 0 Å². The molecule has 2 rings (SSSR count). The van der Waals surface area contributed by atoms with Crippen molar-refractivity contribution in [2.24, 2.45) is 0 Å². The molecule has 0 bridgehead atoms. The average molecular weight is 191 g/mol.